The Bertz CT molecular complexity index is 1400. The van der Waals surface area contributed by atoms with E-state index in [1.807, 2.05) is 41.3 Å². The van der Waals surface area contributed by atoms with Crippen LogP contribution < -0.4 is 15.1 Å². The van der Waals surface area contributed by atoms with Gasteiger partial charge in [0.15, 0.2) is 0 Å². The number of anilines is 3. The molecule has 0 radical (unpaired) electrons. The van der Waals surface area contributed by atoms with Crippen LogP contribution in [0, 0.1) is 11.8 Å². The number of amides is 3. The van der Waals surface area contributed by atoms with Gasteiger partial charge in [0.25, 0.3) is 0 Å². The molecule has 0 unspecified atom stereocenters. The van der Waals surface area contributed by atoms with Gasteiger partial charge < -0.3 is 10.2 Å². The van der Waals surface area contributed by atoms with Gasteiger partial charge in [0.05, 0.1) is 23.6 Å². The molecule has 0 saturated carbocycles. The monoisotopic (exact) mass is 503 g/mol. The smallest absolute Gasteiger partial charge is 0.247 e. The largest absolute Gasteiger partial charge is 0.351 e. The van der Waals surface area contributed by atoms with Crippen LogP contribution in [-0.2, 0) is 14.4 Å². The minimum atomic E-state index is -0.882. The molecule has 0 aliphatic carbocycles. The van der Waals surface area contributed by atoms with Crippen molar-refractivity contribution in [3.63, 3.8) is 0 Å². The van der Waals surface area contributed by atoms with Gasteiger partial charge in [-0.15, -0.1) is 0 Å². The zero-order chi connectivity index (χ0) is 24.3. The van der Waals surface area contributed by atoms with Gasteiger partial charge in [-0.1, -0.05) is 59.6 Å². The summed E-state index contributed by atoms with van der Waals surface area (Å²) in [7, 11) is 0. The second kappa shape index (κ2) is 8.26. The Morgan fingerprint density at radius 2 is 1.57 bits per heavy atom. The number of benzene rings is 3. The van der Waals surface area contributed by atoms with Crippen molar-refractivity contribution in [1.82, 2.24) is 0 Å². The molecule has 2 fully saturated rings. The zero-order valence-electron chi connectivity index (χ0n) is 18.3. The molecule has 3 heterocycles. The molecule has 3 amide bonds. The molecule has 2 saturated heterocycles. The fourth-order valence-electron chi connectivity index (χ4n) is 5.43. The first-order valence-electron chi connectivity index (χ1n) is 11.2. The third-order valence-corrected chi connectivity index (χ3v) is 7.35. The highest BCUT2D eigenvalue weighted by Gasteiger charge is 2.64. The van der Waals surface area contributed by atoms with Crippen LogP contribution in [0.3, 0.4) is 0 Å². The first kappa shape index (κ1) is 21.9. The molecule has 35 heavy (non-hydrogen) atoms. The second-order valence-corrected chi connectivity index (χ2v) is 9.67. The number of carbonyl (C=O) groups excluding carboxylic acids is 3. The molecular weight excluding hydrogens is 485 g/mol. The van der Waals surface area contributed by atoms with Gasteiger partial charge >= 0.3 is 0 Å². The Morgan fingerprint density at radius 3 is 2.34 bits per heavy atom. The average molecular weight is 504 g/mol. The number of rotatable bonds is 3. The Morgan fingerprint density at radius 1 is 0.829 bits per heavy atom. The maximum Gasteiger partial charge on any atom is 0.247 e. The van der Waals surface area contributed by atoms with Gasteiger partial charge in [-0.25, -0.2) is 4.90 Å². The van der Waals surface area contributed by atoms with Crippen LogP contribution in [-0.4, -0.2) is 29.8 Å². The molecule has 174 valence electrons. The number of hydrogen-bond donors (Lipinski definition) is 1. The number of nitrogens with zero attached hydrogens (tertiary/aromatic N) is 2. The van der Waals surface area contributed by atoms with Crippen LogP contribution in [0.2, 0.25) is 10.0 Å². The molecule has 0 spiro atoms. The topological polar surface area (TPSA) is 69.7 Å². The SMILES string of the molecule is O=C(Nc1ccc(Cl)cc1)[C@H]1[C@H]2C(=O)N(c3cccc(Cl)c3)C(=O)[C@H]2[C@@H]2C=Cc3ccccc3N21. The van der Waals surface area contributed by atoms with Crippen molar-refractivity contribution in [3.8, 4) is 0 Å². The van der Waals surface area contributed by atoms with E-state index in [9.17, 15) is 14.4 Å². The predicted octanol–water partition coefficient (Wildman–Crippen LogP) is 5.02. The van der Waals surface area contributed by atoms with Gasteiger partial charge in [-0.2, -0.15) is 0 Å². The lowest BCUT2D eigenvalue weighted by molar-refractivity contribution is -0.126. The van der Waals surface area contributed by atoms with Crippen molar-refractivity contribution in [2.75, 3.05) is 15.1 Å². The summed E-state index contributed by atoms with van der Waals surface area (Å²) in [4.78, 5) is 44.3. The van der Waals surface area contributed by atoms with E-state index < -0.39 is 29.8 Å². The van der Waals surface area contributed by atoms with E-state index in [0.29, 0.717) is 21.4 Å². The minimum absolute atomic E-state index is 0.330. The summed E-state index contributed by atoms with van der Waals surface area (Å²) in [5.74, 6) is -2.65. The van der Waals surface area contributed by atoms with Gasteiger partial charge in [-0.05, 0) is 54.1 Å². The number of halogens is 2. The number of fused-ring (bicyclic) bond motifs is 5. The molecule has 4 atom stereocenters. The van der Waals surface area contributed by atoms with Crippen LogP contribution in [0.1, 0.15) is 5.56 Å². The molecule has 6 nitrogen and oxygen atoms in total. The van der Waals surface area contributed by atoms with E-state index in [1.54, 1.807) is 48.5 Å². The highest BCUT2D eigenvalue weighted by molar-refractivity contribution is 6.32. The standard InChI is InChI=1S/C27H19Cl2N3O3/c28-16-9-11-18(12-10-16)30-25(33)24-23-22(21-13-8-15-4-1-2-7-20(15)32(21)24)26(34)31(27(23)35)19-6-3-5-17(29)14-19/h1-14,21-24H,(H,30,33)/t21-,22-,23-,24+/m0/s1. The first-order valence-corrected chi connectivity index (χ1v) is 11.9. The molecule has 0 aromatic heterocycles. The molecule has 1 N–H and O–H groups in total. The molecule has 3 aromatic carbocycles. The quantitative estimate of drug-likeness (QED) is 0.509. The maximum atomic E-state index is 13.8. The lowest BCUT2D eigenvalue weighted by atomic mass is 9.88. The lowest BCUT2D eigenvalue weighted by Crippen LogP contribution is -2.50. The van der Waals surface area contributed by atoms with Crippen LogP contribution in [0.4, 0.5) is 17.1 Å². The van der Waals surface area contributed by atoms with Crippen molar-refractivity contribution in [2.45, 2.75) is 12.1 Å². The van der Waals surface area contributed by atoms with Crippen molar-refractivity contribution in [1.29, 1.82) is 0 Å². The Labute approximate surface area is 211 Å². The molecular formula is C27H19Cl2N3O3. The molecule has 3 aromatic rings. The van der Waals surface area contributed by atoms with E-state index in [2.05, 4.69) is 5.32 Å². The number of carbonyl (C=O) groups is 3. The fourth-order valence-corrected chi connectivity index (χ4v) is 5.74. The van der Waals surface area contributed by atoms with E-state index in [4.69, 9.17) is 23.2 Å². The Hall–Kier alpha value is -3.61. The molecule has 8 heteroatoms. The maximum absolute atomic E-state index is 13.8. The normalized spacial score (nSPS) is 24.3. The number of para-hydroxylation sites is 1. The summed E-state index contributed by atoms with van der Waals surface area (Å²) in [5.41, 5.74) is 2.72. The van der Waals surface area contributed by atoms with Crippen LogP contribution in [0.25, 0.3) is 6.08 Å². The summed E-state index contributed by atoms with van der Waals surface area (Å²) in [6.07, 6.45) is 3.87. The van der Waals surface area contributed by atoms with E-state index in [0.717, 1.165) is 11.3 Å². The molecule has 6 rings (SSSR count). The Balaban J connectivity index is 1.44. The van der Waals surface area contributed by atoms with Gasteiger partial charge in [0.2, 0.25) is 17.7 Å². The highest BCUT2D eigenvalue weighted by atomic mass is 35.5. The third-order valence-electron chi connectivity index (χ3n) is 6.86. The summed E-state index contributed by atoms with van der Waals surface area (Å²) >= 11 is 12.1. The molecule has 0 bridgehead atoms. The average Bonchev–Trinajstić information content (AvgIpc) is 3.33. The van der Waals surface area contributed by atoms with Crippen molar-refractivity contribution >= 4 is 64.1 Å². The van der Waals surface area contributed by atoms with Crippen LogP contribution >= 0.6 is 23.2 Å². The molecule has 3 aliphatic rings. The minimum Gasteiger partial charge on any atom is -0.351 e. The number of imide groups is 1. The second-order valence-electron chi connectivity index (χ2n) is 8.80. The lowest BCUT2D eigenvalue weighted by Gasteiger charge is -2.36. The zero-order valence-corrected chi connectivity index (χ0v) is 19.8. The van der Waals surface area contributed by atoms with Crippen LogP contribution in [0.5, 0.6) is 0 Å². The fraction of sp³-hybridized carbons (Fsp3) is 0.148. The van der Waals surface area contributed by atoms with Crippen molar-refractivity contribution < 1.29 is 14.4 Å². The summed E-state index contributed by atoms with van der Waals surface area (Å²) in [6, 6.07) is 19.8. The number of nitrogens with one attached hydrogen (secondary N) is 1. The van der Waals surface area contributed by atoms with Gasteiger partial charge in [0.1, 0.15) is 6.04 Å². The van der Waals surface area contributed by atoms with Gasteiger partial charge in [0, 0.05) is 21.4 Å². The predicted molar refractivity (Wildman–Crippen MR) is 137 cm³/mol. The highest BCUT2D eigenvalue weighted by Crippen LogP contribution is 2.49. The summed E-state index contributed by atoms with van der Waals surface area (Å²) in [6.45, 7) is 0. The number of hydrogen-bond acceptors (Lipinski definition) is 4. The van der Waals surface area contributed by atoms with Crippen molar-refractivity contribution in [3.05, 3.63) is 94.5 Å². The van der Waals surface area contributed by atoms with Crippen LogP contribution in [0.15, 0.2) is 78.9 Å². The summed E-state index contributed by atoms with van der Waals surface area (Å²) < 4.78 is 0. The van der Waals surface area contributed by atoms with E-state index >= 15 is 0 Å². The van der Waals surface area contributed by atoms with Crippen molar-refractivity contribution in [2.24, 2.45) is 11.8 Å². The molecule has 3 aliphatic heterocycles. The summed E-state index contributed by atoms with van der Waals surface area (Å²) in [5, 5.41) is 3.89. The third kappa shape index (κ3) is 3.44. The van der Waals surface area contributed by atoms with E-state index in [1.165, 1.54) is 4.90 Å². The van der Waals surface area contributed by atoms with Gasteiger partial charge in [-0.3, -0.25) is 14.4 Å². The van der Waals surface area contributed by atoms with E-state index in [-0.39, 0.29) is 11.8 Å². The first-order chi connectivity index (χ1) is 16.9. The Kier molecular flexibility index (Phi) is 5.16.